The SMILES string of the molecule is O=C(NO)c1ccc(CNC(=O)c2cccc3cccnc23)cc1. The van der Waals surface area contributed by atoms with Crippen molar-refractivity contribution in [3.05, 3.63) is 77.5 Å². The lowest BCUT2D eigenvalue weighted by Crippen LogP contribution is -2.23. The lowest BCUT2D eigenvalue weighted by atomic mass is 10.1. The van der Waals surface area contributed by atoms with Gasteiger partial charge in [0.15, 0.2) is 0 Å². The number of aromatic nitrogens is 1. The minimum atomic E-state index is -0.576. The number of carbonyl (C=O) groups is 2. The first-order valence-corrected chi connectivity index (χ1v) is 7.34. The number of carbonyl (C=O) groups excluding carboxylic acids is 2. The quantitative estimate of drug-likeness (QED) is 0.508. The molecule has 24 heavy (non-hydrogen) atoms. The number of nitrogens with one attached hydrogen (secondary N) is 2. The lowest BCUT2D eigenvalue weighted by Gasteiger charge is -2.08. The van der Waals surface area contributed by atoms with Crippen LogP contribution in [0.5, 0.6) is 0 Å². The van der Waals surface area contributed by atoms with Gasteiger partial charge < -0.3 is 5.32 Å². The maximum atomic E-state index is 12.4. The number of pyridine rings is 1. The molecule has 0 aliphatic carbocycles. The van der Waals surface area contributed by atoms with Crippen LogP contribution in [0.3, 0.4) is 0 Å². The zero-order valence-corrected chi connectivity index (χ0v) is 12.7. The smallest absolute Gasteiger partial charge is 0.274 e. The number of hydroxylamine groups is 1. The number of benzene rings is 2. The first-order chi connectivity index (χ1) is 11.7. The highest BCUT2D eigenvalue weighted by molar-refractivity contribution is 6.05. The molecule has 1 aromatic heterocycles. The molecule has 0 fully saturated rings. The molecule has 0 saturated heterocycles. The number of rotatable bonds is 4. The molecule has 0 bridgehead atoms. The van der Waals surface area contributed by atoms with Crippen LogP contribution in [0.25, 0.3) is 10.9 Å². The Labute approximate surface area is 138 Å². The second kappa shape index (κ2) is 6.89. The predicted molar refractivity (Wildman–Crippen MR) is 88.6 cm³/mol. The molecule has 0 radical (unpaired) electrons. The van der Waals surface area contributed by atoms with E-state index < -0.39 is 5.91 Å². The Morgan fingerprint density at radius 1 is 0.958 bits per heavy atom. The molecule has 3 rings (SSSR count). The molecule has 1 heterocycles. The van der Waals surface area contributed by atoms with Gasteiger partial charge in [-0.3, -0.25) is 19.8 Å². The monoisotopic (exact) mass is 321 g/mol. The highest BCUT2D eigenvalue weighted by Gasteiger charge is 2.10. The van der Waals surface area contributed by atoms with Crippen LogP contribution in [0.4, 0.5) is 0 Å². The summed E-state index contributed by atoms with van der Waals surface area (Å²) in [6, 6.07) is 15.8. The maximum absolute atomic E-state index is 12.4. The number of para-hydroxylation sites is 1. The molecule has 3 aromatic rings. The molecule has 0 unspecified atom stereocenters. The zero-order valence-electron chi connectivity index (χ0n) is 12.7. The summed E-state index contributed by atoms with van der Waals surface area (Å²) < 4.78 is 0. The van der Waals surface area contributed by atoms with Crippen molar-refractivity contribution in [1.29, 1.82) is 0 Å². The standard InChI is InChI=1S/C18H15N3O3/c22-17(21-24)14-8-6-12(7-9-14)11-20-18(23)15-5-1-3-13-4-2-10-19-16(13)15/h1-10,24H,11H2,(H,20,23)(H,21,22). The first kappa shape index (κ1) is 15.6. The summed E-state index contributed by atoms with van der Waals surface area (Å²) in [5, 5.41) is 12.3. The van der Waals surface area contributed by atoms with Gasteiger partial charge in [0.2, 0.25) is 0 Å². The molecular formula is C18H15N3O3. The highest BCUT2D eigenvalue weighted by atomic mass is 16.5. The van der Waals surface area contributed by atoms with Crippen LogP contribution >= 0.6 is 0 Å². The van der Waals surface area contributed by atoms with Crippen molar-refractivity contribution in [2.75, 3.05) is 0 Å². The van der Waals surface area contributed by atoms with Gasteiger partial charge in [0.25, 0.3) is 11.8 Å². The van der Waals surface area contributed by atoms with E-state index in [9.17, 15) is 9.59 Å². The average molecular weight is 321 g/mol. The predicted octanol–water partition coefficient (Wildman–Crippen LogP) is 2.28. The molecule has 2 amide bonds. The molecular weight excluding hydrogens is 306 g/mol. The van der Waals surface area contributed by atoms with Gasteiger partial charge in [0, 0.05) is 23.7 Å². The van der Waals surface area contributed by atoms with Crippen LogP contribution < -0.4 is 10.8 Å². The third-order valence-electron chi connectivity index (χ3n) is 3.65. The van der Waals surface area contributed by atoms with Crippen LogP contribution in [0, 0.1) is 0 Å². The lowest BCUT2D eigenvalue weighted by molar-refractivity contribution is 0.0706. The van der Waals surface area contributed by atoms with Crippen molar-refractivity contribution in [3.8, 4) is 0 Å². The number of nitrogens with zero attached hydrogens (tertiary/aromatic N) is 1. The van der Waals surface area contributed by atoms with E-state index in [-0.39, 0.29) is 5.91 Å². The van der Waals surface area contributed by atoms with Crippen LogP contribution in [-0.4, -0.2) is 22.0 Å². The molecule has 0 atom stereocenters. The van der Waals surface area contributed by atoms with E-state index >= 15 is 0 Å². The Morgan fingerprint density at radius 3 is 2.46 bits per heavy atom. The number of hydrogen-bond donors (Lipinski definition) is 3. The molecule has 0 spiro atoms. The fourth-order valence-electron chi connectivity index (χ4n) is 2.40. The molecule has 2 aromatic carbocycles. The van der Waals surface area contributed by atoms with Gasteiger partial charge in [0.1, 0.15) is 0 Å². The minimum absolute atomic E-state index is 0.212. The normalized spacial score (nSPS) is 10.4. The fourth-order valence-corrected chi connectivity index (χ4v) is 2.40. The van der Waals surface area contributed by atoms with Crippen LogP contribution in [0.15, 0.2) is 60.8 Å². The largest absolute Gasteiger partial charge is 0.348 e. The van der Waals surface area contributed by atoms with Crippen molar-refractivity contribution < 1.29 is 14.8 Å². The van der Waals surface area contributed by atoms with Crippen molar-refractivity contribution in [2.24, 2.45) is 0 Å². The van der Waals surface area contributed by atoms with E-state index in [1.165, 1.54) is 0 Å². The number of fused-ring (bicyclic) bond motifs is 1. The van der Waals surface area contributed by atoms with Crippen LogP contribution in [-0.2, 0) is 6.54 Å². The van der Waals surface area contributed by atoms with E-state index in [1.807, 2.05) is 24.3 Å². The molecule has 0 aliphatic rings. The minimum Gasteiger partial charge on any atom is -0.348 e. The summed E-state index contributed by atoms with van der Waals surface area (Å²) >= 11 is 0. The van der Waals surface area contributed by atoms with Gasteiger partial charge in [-0.25, -0.2) is 5.48 Å². The summed E-state index contributed by atoms with van der Waals surface area (Å²) in [6.07, 6.45) is 1.66. The Balaban J connectivity index is 1.72. The number of amides is 2. The second-order valence-corrected chi connectivity index (χ2v) is 5.20. The summed E-state index contributed by atoms with van der Waals surface area (Å²) in [5.74, 6) is -0.788. The Hall–Kier alpha value is -3.25. The van der Waals surface area contributed by atoms with Gasteiger partial charge in [-0.2, -0.15) is 0 Å². The highest BCUT2D eigenvalue weighted by Crippen LogP contribution is 2.16. The zero-order chi connectivity index (χ0) is 16.9. The topological polar surface area (TPSA) is 91.3 Å². The summed E-state index contributed by atoms with van der Waals surface area (Å²) in [4.78, 5) is 27.9. The van der Waals surface area contributed by atoms with Crippen LogP contribution in [0.2, 0.25) is 0 Å². The average Bonchev–Trinajstić information content (AvgIpc) is 2.65. The van der Waals surface area contributed by atoms with Gasteiger partial charge in [-0.1, -0.05) is 30.3 Å². The van der Waals surface area contributed by atoms with Crippen molar-refractivity contribution >= 4 is 22.7 Å². The Morgan fingerprint density at radius 2 is 1.71 bits per heavy atom. The first-order valence-electron chi connectivity index (χ1n) is 7.34. The van der Waals surface area contributed by atoms with Gasteiger partial charge in [-0.15, -0.1) is 0 Å². The van der Waals surface area contributed by atoms with Crippen LogP contribution in [0.1, 0.15) is 26.3 Å². The molecule has 6 heteroatoms. The molecule has 3 N–H and O–H groups in total. The summed E-state index contributed by atoms with van der Waals surface area (Å²) in [5.41, 5.74) is 3.93. The second-order valence-electron chi connectivity index (χ2n) is 5.20. The molecule has 0 aliphatic heterocycles. The van der Waals surface area contributed by atoms with Crippen molar-refractivity contribution in [2.45, 2.75) is 6.54 Å². The van der Waals surface area contributed by atoms with Crippen molar-refractivity contribution in [3.63, 3.8) is 0 Å². The Bertz CT molecular complexity index is 886. The number of hydrogen-bond acceptors (Lipinski definition) is 4. The van der Waals surface area contributed by atoms with Gasteiger partial charge in [0.05, 0.1) is 11.1 Å². The van der Waals surface area contributed by atoms with Crippen molar-refractivity contribution in [1.82, 2.24) is 15.8 Å². The fraction of sp³-hybridized carbons (Fsp3) is 0.0556. The third kappa shape index (κ3) is 3.23. The van der Waals surface area contributed by atoms with E-state index in [2.05, 4.69) is 10.3 Å². The maximum Gasteiger partial charge on any atom is 0.274 e. The summed E-state index contributed by atoms with van der Waals surface area (Å²) in [7, 11) is 0. The third-order valence-corrected chi connectivity index (χ3v) is 3.65. The molecule has 6 nitrogen and oxygen atoms in total. The van der Waals surface area contributed by atoms with E-state index in [4.69, 9.17) is 5.21 Å². The summed E-state index contributed by atoms with van der Waals surface area (Å²) in [6.45, 7) is 0.322. The van der Waals surface area contributed by atoms with Gasteiger partial charge >= 0.3 is 0 Å². The van der Waals surface area contributed by atoms with E-state index in [1.54, 1.807) is 42.0 Å². The molecule has 120 valence electrons. The Kier molecular flexibility index (Phi) is 4.49. The molecule has 0 saturated carbocycles. The van der Waals surface area contributed by atoms with E-state index in [0.717, 1.165) is 10.9 Å². The van der Waals surface area contributed by atoms with E-state index in [0.29, 0.717) is 23.2 Å². The van der Waals surface area contributed by atoms with Gasteiger partial charge in [-0.05, 0) is 29.8 Å².